The maximum absolute atomic E-state index is 7.73. The minimum absolute atomic E-state index is 0.00485. The lowest BCUT2D eigenvalue weighted by atomic mass is 9.33. The van der Waals surface area contributed by atoms with E-state index in [9.17, 15) is 0 Å². The highest BCUT2D eigenvalue weighted by Gasteiger charge is 2.62. The van der Waals surface area contributed by atoms with Crippen LogP contribution in [-0.4, -0.2) is 12.3 Å². The monoisotopic (exact) mass is 1010 g/mol. The number of benzene rings is 7. The molecule has 0 saturated heterocycles. The molecule has 2 aliphatic carbocycles. The van der Waals surface area contributed by atoms with E-state index in [-0.39, 0.29) is 44.7 Å². The van der Waals surface area contributed by atoms with Crippen LogP contribution < -0.4 is 31.1 Å². The van der Waals surface area contributed by atoms with Crippen molar-refractivity contribution < 1.29 is 4.42 Å². The fraction of sp³-hybridized carbons (Fsp3) is 0.389. The van der Waals surface area contributed by atoms with Crippen LogP contribution in [0.4, 0.5) is 45.7 Å². The third kappa shape index (κ3) is 7.44. The van der Waals surface area contributed by atoms with E-state index in [1.165, 1.54) is 96.2 Å². The van der Waals surface area contributed by atoms with E-state index in [1.54, 1.807) is 0 Å². The van der Waals surface area contributed by atoms with E-state index in [0.717, 1.165) is 59.9 Å². The fourth-order valence-corrected chi connectivity index (χ4v) is 14.9. The van der Waals surface area contributed by atoms with Gasteiger partial charge < -0.3 is 14.2 Å². The van der Waals surface area contributed by atoms with Gasteiger partial charge in [-0.3, -0.25) is 4.90 Å². The zero-order chi connectivity index (χ0) is 54.1. The summed E-state index contributed by atoms with van der Waals surface area (Å²) in [5.74, 6) is 0.929. The van der Waals surface area contributed by atoms with Gasteiger partial charge in [-0.05, 0) is 182 Å². The van der Waals surface area contributed by atoms with Crippen LogP contribution in [0.3, 0.4) is 0 Å². The molecule has 5 heteroatoms. The summed E-state index contributed by atoms with van der Waals surface area (Å²) < 4.78 is 7.73. The highest BCUT2D eigenvalue weighted by atomic mass is 16.4. The third-order valence-corrected chi connectivity index (χ3v) is 19.9. The summed E-state index contributed by atoms with van der Waals surface area (Å²) in [5, 5.41) is 1.24. The van der Waals surface area contributed by atoms with Gasteiger partial charge in [-0.2, -0.15) is 0 Å². The maximum atomic E-state index is 7.73. The first-order chi connectivity index (χ1) is 36.3. The van der Waals surface area contributed by atoms with Crippen LogP contribution in [0.25, 0.3) is 22.1 Å². The molecule has 0 radical (unpaired) electrons. The Morgan fingerprint density at radius 3 is 1.60 bits per heavy atom. The van der Waals surface area contributed by atoms with Gasteiger partial charge in [-0.15, -0.1) is 0 Å². The molecule has 4 heterocycles. The average Bonchev–Trinajstić information content (AvgIpc) is 2.78. The Bertz CT molecular complexity index is 3620. The second kappa shape index (κ2) is 16.5. The molecule has 2 atom stereocenters. The van der Waals surface area contributed by atoms with Crippen LogP contribution in [0.1, 0.15) is 176 Å². The molecule has 392 valence electrons. The standard InChI is InChI=1S/C72H80BN3O/c1-66(2,3)47-23-29-50(30-24-47)74(51-31-25-48(26-32-51)67(4,5)6)53-41-59-63-60(42-53)76-64-57(71(14)35-19-20-36-72(71,76)15)39-46(45-21-17-16-18-22-45)40-58(64)73(63)62-54-43-55-56(70(12,13)38-37-69(55,10)11)44-61(54)77-65(62)75(59)52-33-27-49(28-34-52)68(7,8)9/h16-18,21-34,39-44H,19-20,35-38H2,1-15H3. The maximum Gasteiger partial charge on any atom is 0.257 e. The van der Waals surface area contributed by atoms with Gasteiger partial charge in [0.15, 0.2) is 0 Å². The van der Waals surface area contributed by atoms with E-state index in [4.69, 9.17) is 4.42 Å². The van der Waals surface area contributed by atoms with Crippen molar-refractivity contribution in [2.75, 3.05) is 14.7 Å². The van der Waals surface area contributed by atoms with Gasteiger partial charge >= 0.3 is 0 Å². The van der Waals surface area contributed by atoms with Crippen molar-refractivity contribution in [1.82, 2.24) is 0 Å². The number of hydrogen-bond donors (Lipinski definition) is 0. The van der Waals surface area contributed by atoms with Crippen molar-refractivity contribution in [2.45, 2.75) is 180 Å². The smallest absolute Gasteiger partial charge is 0.257 e. The number of hydrogen-bond acceptors (Lipinski definition) is 4. The normalized spacial score (nSPS) is 20.8. The van der Waals surface area contributed by atoms with Crippen molar-refractivity contribution >= 4 is 79.8 Å². The quantitative estimate of drug-likeness (QED) is 0.160. The van der Waals surface area contributed by atoms with Crippen LogP contribution in [-0.2, 0) is 32.5 Å². The zero-order valence-corrected chi connectivity index (χ0v) is 48.8. The summed E-state index contributed by atoms with van der Waals surface area (Å²) in [6.45, 7) is 35.8. The lowest BCUT2D eigenvalue weighted by molar-refractivity contribution is 0.195. The summed E-state index contributed by atoms with van der Waals surface area (Å²) in [5.41, 5.74) is 24.2. The number of nitrogens with zero attached hydrogens (tertiary/aromatic N) is 3. The Kier molecular flexibility index (Phi) is 10.8. The van der Waals surface area contributed by atoms with Crippen molar-refractivity contribution in [3.8, 4) is 11.1 Å². The predicted molar refractivity (Wildman–Crippen MR) is 330 cm³/mol. The number of rotatable bonds is 5. The van der Waals surface area contributed by atoms with Gasteiger partial charge in [0.25, 0.3) is 6.71 Å². The Balaban J connectivity index is 1.18. The largest absolute Gasteiger partial charge is 0.440 e. The molecule has 0 bridgehead atoms. The van der Waals surface area contributed by atoms with Crippen molar-refractivity contribution in [1.29, 1.82) is 0 Å². The molecule has 0 N–H and O–H groups in total. The molecule has 4 nitrogen and oxygen atoms in total. The van der Waals surface area contributed by atoms with Gasteiger partial charge in [0.2, 0.25) is 5.88 Å². The van der Waals surface area contributed by atoms with E-state index in [0.29, 0.717) is 0 Å². The number of anilines is 8. The summed E-state index contributed by atoms with van der Waals surface area (Å²) in [6.07, 6.45) is 6.98. The summed E-state index contributed by atoms with van der Waals surface area (Å²) >= 11 is 0. The molecule has 0 spiro atoms. The zero-order valence-electron chi connectivity index (χ0n) is 48.8. The molecule has 5 aliphatic rings. The molecule has 3 aliphatic heterocycles. The SMILES string of the molecule is CC(C)(C)c1ccc(N(c2ccc(C(C)(C)C)cc2)c2cc3c4c(c2)N2c5c(cc(-c6ccccc6)cc5C5(C)CCCCC25C)B4c2c(oc4cc5c(cc24)C(C)(C)CCC5(C)C)N3c2ccc(C(C)(C)C)cc2)cc1. The predicted octanol–water partition coefficient (Wildman–Crippen LogP) is 18.2. The van der Waals surface area contributed by atoms with Crippen molar-refractivity contribution in [3.63, 3.8) is 0 Å². The minimum atomic E-state index is -0.185. The van der Waals surface area contributed by atoms with Crippen LogP contribution in [0.5, 0.6) is 0 Å². The van der Waals surface area contributed by atoms with Gasteiger partial charge in [0.05, 0.1) is 11.2 Å². The molecule has 1 saturated carbocycles. The number of fused-ring (bicyclic) bond motifs is 10. The highest BCUT2D eigenvalue weighted by Crippen LogP contribution is 2.63. The molecule has 77 heavy (non-hydrogen) atoms. The molecule has 13 rings (SSSR count). The minimum Gasteiger partial charge on any atom is -0.440 e. The summed E-state index contributed by atoms with van der Waals surface area (Å²) in [7, 11) is 0. The molecular formula is C72H80BN3O. The van der Waals surface area contributed by atoms with E-state index < -0.39 is 0 Å². The molecule has 2 unspecified atom stereocenters. The molecule has 7 aromatic carbocycles. The Morgan fingerprint density at radius 1 is 0.494 bits per heavy atom. The molecular weight excluding hydrogens is 934 g/mol. The first-order valence-electron chi connectivity index (χ1n) is 29.0. The van der Waals surface area contributed by atoms with Crippen LogP contribution in [0, 0.1) is 0 Å². The molecule has 8 aromatic rings. The van der Waals surface area contributed by atoms with Gasteiger partial charge in [-0.25, -0.2) is 0 Å². The fourth-order valence-electron chi connectivity index (χ4n) is 14.9. The lowest BCUT2D eigenvalue weighted by Gasteiger charge is -2.52. The van der Waals surface area contributed by atoms with Gasteiger partial charge in [0.1, 0.15) is 5.58 Å². The van der Waals surface area contributed by atoms with Crippen LogP contribution in [0.2, 0.25) is 0 Å². The van der Waals surface area contributed by atoms with Gasteiger partial charge in [-0.1, -0.05) is 183 Å². The Morgan fingerprint density at radius 2 is 1.03 bits per heavy atom. The molecule has 1 aromatic heterocycles. The molecule has 1 fully saturated rings. The first kappa shape index (κ1) is 50.1. The average molecular weight is 1010 g/mol. The van der Waals surface area contributed by atoms with E-state index in [1.807, 2.05) is 0 Å². The number of furan rings is 1. The lowest BCUT2D eigenvalue weighted by Crippen LogP contribution is -2.64. The topological polar surface area (TPSA) is 22.9 Å². The second-order valence-corrected chi connectivity index (χ2v) is 28.9. The highest BCUT2D eigenvalue weighted by molar-refractivity contribution is 7.01. The van der Waals surface area contributed by atoms with Crippen molar-refractivity contribution in [3.05, 3.63) is 173 Å². The summed E-state index contributed by atoms with van der Waals surface area (Å²) in [4.78, 5) is 7.96. The third-order valence-electron chi connectivity index (χ3n) is 19.9. The van der Waals surface area contributed by atoms with Gasteiger partial charge in [0, 0.05) is 50.4 Å². The Hall–Kier alpha value is -6.46. The van der Waals surface area contributed by atoms with Crippen LogP contribution in [0.15, 0.2) is 144 Å². The molecule has 0 amide bonds. The van der Waals surface area contributed by atoms with E-state index in [2.05, 4.69) is 258 Å². The first-order valence-corrected chi connectivity index (χ1v) is 29.0. The van der Waals surface area contributed by atoms with Crippen molar-refractivity contribution in [2.24, 2.45) is 0 Å². The van der Waals surface area contributed by atoms with Crippen LogP contribution >= 0.6 is 0 Å². The summed E-state index contributed by atoms with van der Waals surface area (Å²) in [6, 6.07) is 54.8. The Labute approximate surface area is 461 Å². The van der Waals surface area contributed by atoms with E-state index >= 15 is 0 Å². The second-order valence-electron chi connectivity index (χ2n) is 28.9.